The van der Waals surface area contributed by atoms with Gasteiger partial charge in [-0.05, 0) is 102 Å². The normalized spacial score (nSPS) is 14.2. The van der Waals surface area contributed by atoms with E-state index in [0.29, 0.717) is 0 Å². The highest BCUT2D eigenvalue weighted by Gasteiger charge is 2.49. The molecular formula is C47H39B2N. The highest BCUT2D eigenvalue weighted by Crippen LogP contribution is 2.45. The lowest BCUT2D eigenvalue weighted by molar-refractivity contribution is 0.590. The van der Waals surface area contributed by atoms with Gasteiger partial charge in [-0.15, -0.1) is 0 Å². The molecule has 0 saturated heterocycles. The summed E-state index contributed by atoms with van der Waals surface area (Å²) < 4.78 is 2.76. The van der Waals surface area contributed by atoms with Crippen LogP contribution in [0.4, 0.5) is 0 Å². The van der Waals surface area contributed by atoms with Crippen molar-refractivity contribution in [3.05, 3.63) is 126 Å². The number of fused-ring (bicyclic) bond motifs is 14. The van der Waals surface area contributed by atoms with Crippen LogP contribution >= 0.6 is 0 Å². The molecule has 1 aromatic heterocycles. The lowest BCUT2D eigenvalue weighted by Gasteiger charge is -2.37. The van der Waals surface area contributed by atoms with Gasteiger partial charge in [0.25, 0.3) is 0 Å². The molecule has 0 saturated carbocycles. The van der Waals surface area contributed by atoms with E-state index in [4.69, 9.17) is 0 Å². The van der Waals surface area contributed by atoms with Crippen molar-refractivity contribution in [1.82, 2.24) is 4.48 Å². The second-order valence-electron chi connectivity index (χ2n) is 17.3. The number of aryl methyl sites for hydroxylation is 1. The Morgan fingerprint density at radius 3 is 1.94 bits per heavy atom. The number of benzene rings is 7. The fraction of sp³-hybridized carbons (Fsp3) is 0.191. The van der Waals surface area contributed by atoms with Crippen molar-refractivity contribution in [1.29, 1.82) is 0 Å². The molecular weight excluding hydrogens is 600 g/mol. The fourth-order valence-electron chi connectivity index (χ4n) is 10.1. The Balaban J connectivity index is 1.37. The van der Waals surface area contributed by atoms with E-state index in [2.05, 4.69) is 162 Å². The van der Waals surface area contributed by atoms with Crippen LogP contribution < -0.4 is 27.3 Å². The summed E-state index contributed by atoms with van der Waals surface area (Å²) in [6.45, 7) is 16.7. The Morgan fingerprint density at radius 1 is 0.500 bits per heavy atom. The summed E-state index contributed by atoms with van der Waals surface area (Å²) in [5, 5.41) is 8.13. The first-order valence-electron chi connectivity index (χ1n) is 18.3. The van der Waals surface area contributed by atoms with Crippen LogP contribution in [0.1, 0.15) is 58.2 Å². The predicted molar refractivity (Wildman–Crippen MR) is 219 cm³/mol. The zero-order valence-electron chi connectivity index (χ0n) is 30.0. The Morgan fingerprint density at radius 2 is 1.18 bits per heavy atom. The Hall–Kier alpha value is -5.01. The number of nitrogens with zero attached hydrogens (tertiary/aromatic N) is 1. The Kier molecular flexibility index (Phi) is 5.30. The van der Waals surface area contributed by atoms with Crippen LogP contribution in [0.5, 0.6) is 0 Å². The van der Waals surface area contributed by atoms with E-state index in [0.717, 1.165) is 0 Å². The minimum absolute atomic E-state index is 0.0201. The third kappa shape index (κ3) is 3.46. The number of aromatic nitrogens is 1. The molecule has 0 bridgehead atoms. The van der Waals surface area contributed by atoms with Crippen molar-refractivity contribution in [3.63, 3.8) is 0 Å². The maximum atomic E-state index is 2.76. The molecule has 8 aromatic rings. The van der Waals surface area contributed by atoms with Crippen molar-refractivity contribution in [2.24, 2.45) is 0 Å². The maximum absolute atomic E-state index is 2.76. The third-order valence-electron chi connectivity index (χ3n) is 12.5. The summed E-state index contributed by atoms with van der Waals surface area (Å²) in [5.41, 5.74) is 20.1. The van der Waals surface area contributed by atoms with Gasteiger partial charge >= 0.3 is 6.85 Å². The van der Waals surface area contributed by atoms with Crippen LogP contribution in [0.3, 0.4) is 0 Å². The van der Waals surface area contributed by atoms with Gasteiger partial charge in [0.2, 0.25) is 6.71 Å². The summed E-state index contributed by atoms with van der Waals surface area (Å²) in [4.78, 5) is 0. The molecule has 0 fully saturated rings. The van der Waals surface area contributed by atoms with Crippen LogP contribution in [-0.4, -0.2) is 18.0 Å². The maximum Gasteiger partial charge on any atom is 0.327 e. The smallest absolute Gasteiger partial charge is 0.327 e. The van der Waals surface area contributed by atoms with E-state index in [1.165, 1.54) is 110 Å². The zero-order chi connectivity index (χ0) is 34.0. The summed E-state index contributed by atoms with van der Waals surface area (Å²) in [6, 6.07) is 42.8. The van der Waals surface area contributed by atoms with E-state index in [1.807, 2.05) is 0 Å². The molecule has 0 spiro atoms. The van der Waals surface area contributed by atoms with Crippen molar-refractivity contribution in [2.45, 2.75) is 59.3 Å². The highest BCUT2D eigenvalue weighted by molar-refractivity contribution is 7.11. The highest BCUT2D eigenvalue weighted by atomic mass is 14.9. The monoisotopic (exact) mass is 639 g/mol. The van der Waals surface area contributed by atoms with Crippen molar-refractivity contribution < 1.29 is 0 Å². The summed E-state index contributed by atoms with van der Waals surface area (Å²) in [5.74, 6) is 0. The van der Waals surface area contributed by atoms with Gasteiger partial charge < -0.3 is 4.48 Å². The van der Waals surface area contributed by atoms with E-state index in [1.54, 1.807) is 0 Å². The fourth-order valence-corrected chi connectivity index (χ4v) is 10.1. The predicted octanol–water partition coefficient (Wildman–Crippen LogP) is 8.45. The lowest BCUT2D eigenvalue weighted by Crippen LogP contribution is -2.73. The van der Waals surface area contributed by atoms with Gasteiger partial charge in [0, 0.05) is 27.4 Å². The Labute approximate surface area is 295 Å². The first kappa shape index (κ1) is 28.8. The number of hydrogen-bond acceptors (Lipinski definition) is 0. The van der Waals surface area contributed by atoms with E-state index < -0.39 is 0 Å². The van der Waals surface area contributed by atoms with Gasteiger partial charge in [-0.25, -0.2) is 0 Å². The first-order chi connectivity index (χ1) is 24.0. The molecule has 4 heterocycles. The van der Waals surface area contributed by atoms with E-state index in [9.17, 15) is 0 Å². The molecule has 1 nitrogen and oxygen atoms in total. The number of rotatable bonds is 0. The van der Waals surface area contributed by atoms with E-state index in [-0.39, 0.29) is 24.4 Å². The molecule has 0 amide bonds. The molecule has 0 unspecified atom stereocenters. The summed E-state index contributed by atoms with van der Waals surface area (Å²) in [6.07, 6.45) is 0. The second-order valence-corrected chi connectivity index (χ2v) is 17.3. The Bertz CT molecular complexity index is 2860. The molecule has 0 radical (unpaired) electrons. The van der Waals surface area contributed by atoms with Gasteiger partial charge in [-0.2, -0.15) is 0 Å². The lowest BCUT2D eigenvalue weighted by atomic mass is 9.25. The van der Waals surface area contributed by atoms with Crippen LogP contribution in [0, 0.1) is 6.92 Å². The van der Waals surface area contributed by atoms with Crippen LogP contribution in [-0.2, 0) is 10.8 Å². The molecule has 0 aliphatic carbocycles. The molecule has 50 heavy (non-hydrogen) atoms. The minimum atomic E-state index is 0.0201. The molecule has 0 atom stereocenters. The second kappa shape index (κ2) is 9.20. The molecule has 7 aromatic carbocycles. The molecule has 238 valence electrons. The van der Waals surface area contributed by atoms with Gasteiger partial charge in [-0.3, -0.25) is 0 Å². The van der Waals surface area contributed by atoms with Gasteiger partial charge in [0.15, 0.2) is 0 Å². The zero-order valence-corrected chi connectivity index (χ0v) is 30.0. The molecule has 3 aliphatic rings. The quantitative estimate of drug-likeness (QED) is 0.147. The average Bonchev–Trinajstić information content (AvgIpc) is 3.62. The summed E-state index contributed by atoms with van der Waals surface area (Å²) in [7, 11) is 0. The standard InChI is InChI=1S/C47H39B2N/c1-26-16-19-37-44-40(26)35-25-30(47(5,6)7)24-34-33-23-29(46(2,3)4)18-21-39(33)50(45(34)35)49(44)38-22-28-13-9-11-15-32(28)42-41-31-14-10-8-12-27(31)17-20-36(41)48(37)43(38)42/h8-25H,1-7H3. The van der Waals surface area contributed by atoms with Gasteiger partial charge in [-0.1, -0.05) is 148 Å². The van der Waals surface area contributed by atoms with Crippen molar-refractivity contribution in [2.75, 3.05) is 0 Å². The summed E-state index contributed by atoms with van der Waals surface area (Å²) >= 11 is 0. The molecule has 11 rings (SSSR count). The van der Waals surface area contributed by atoms with Crippen molar-refractivity contribution >= 4 is 84.2 Å². The van der Waals surface area contributed by atoms with Crippen molar-refractivity contribution in [3.8, 4) is 22.3 Å². The number of hydrogen-bond donors (Lipinski definition) is 0. The van der Waals surface area contributed by atoms with Gasteiger partial charge in [0.05, 0.1) is 0 Å². The largest absolute Gasteiger partial charge is 0.375 e. The van der Waals surface area contributed by atoms with Crippen LogP contribution in [0.2, 0.25) is 0 Å². The van der Waals surface area contributed by atoms with Crippen LogP contribution in [0.15, 0.2) is 109 Å². The van der Waals surface area contributed by atoms with E-state index >= 15 is 0 Å². The molecule has 3 aliphatic heterocycles. The average molecular weight is 639 g/mol. The third-order valence-corrected chi connectivity index (χ3v) is 12.5. The molecule has 3 heteroatoms. The first-order valence-corrected chi connectivity index (χ1v) is 18.3. The molecule has 0 N–H and O–H groups in total. The topological polar surface area (TPSA) is 4.93 Å². The van der Waals surface area contributed by atoms with Gasteiger partial charge in [0.1, 0.15) is 0 Å². The SMILES string of the molecule is Cc1ccc2c3c1-c1cc(C(C)(C)C)cc4c5cc(C(C)(C)C)ccc5n(c14)B3c1cc3ccccc3c3c1B2c1ccc2ccccc2c1-3. The minimum Gasteiger partial charge on any atom is -0.375 e. The van der Waals surface area contributed by atoms with Crippen LogP contribution in [0.25, 0.3) is 65.6 Å².